The molecule has 4 nitrogen and oxygen atoms in total. The summed E-state index contributed by atoms with van der Waals surface area (Å²) in [7, 11) is 0. The van der Waals surface area contributed by atoms with Gasteiger partial charge in [0.2, 0.25) is 0 Å². The summed E-state index contributed by atoms with van der Waals surface area (Å²) in [5.74, 6) is -0.899. The molecule has 1 aromatic carbocycles. The molecule has 2 rings (SSSR count). The van der Waals surface area contributed by atoms with Gasteiger partial charge in [-0.1, -0.05) is 25.4 Å². The lowest BCUT2D eigenvalue weighted by Crippen LogP contribution is -2.01. The standard InChI is InChI=1S/C13H13ClN2O2/c1-8(2)12-11(13(17)18)7-16(15-12)10-5-3-9(14)4-6-10/h3-8H,1-2H3,(H,17,18). The third kappa shape index (κ3) is 2.38. The van der Waals surface area contributed by atoms with Crippen LogP contribution < -0.4 is 0 Å². The van der Waals surface area contributed by atoms with Crippen molar-refractivity contribution in [1.29, 1.82) is 0 Å². The zero-order valence-corrected chi connectivity index (χ0v) is 10.8. The molecule has 2 aromatic rings. The molecule has 0 saturated carbocycles. The van der Waals surface area contributed by atoms with E-state index in [4.69, 9.17) is 16.7 Å². The van der Waals surface area contributed by atoms with Crippen molar-refractivity contribution >= 4 is 17.6 Å². The van der Waals surface area contributed by atoms with Crippen LogP contribution in [0.2, 0.25) is 5.02 Å². The van der Waals surface area contributed by atoms with Crippen molar-refractivity contribution in [1.82, 2.24) is 9.78 Å². The van der Waals surface area contributed by atoms with E-state index in [0.29, 0.717) is 10.7 Å². The number of aromatic nitrogens is 2. The number of halogens is 1. The minimum atomic E-state index is -0.959. The molecule has 1 heterocycles. The van der Waals surface area contributed by atoms with Gasteiger partial charge in [-0.2, -0.15) is 5.10 Å². The minimum absolute atomic E-state index is 0.0599. The largest absolute Gasteiger partial charge is 0.478 e. The molecule has 0 saturated heterocycles. The van der Waals surface area contributed by atoms with Gasteiger partial charge < -0.3 is 5.11 Å². The first-order valence-electron chi connectivity index (χ1n) is 5.58. The SMILES string of the molecule is CC(C)c1nn(-c2ccc(Cl)cc2)cc1C(=O)O. The molecule has 0 aliphatic rings. The van der Waals surface area contributed by atoms with Crippen LogP contribution in [0.15, 0.2) is 30.5 Å². The van der Waals surface area contributed by atoms with Crippen LogP contribution >= 0.6 is 11.6 Å². The number of carboxylic acid groups (broad SMARTS) is 1. The fourth-order valence-electron chi connectivity index (χ4n) is 1.70. The Hall–Kier alpha value is -1.81. The lowest BCUT2D eigenvalue weighted by molar-refractivity contribution is 0.0695. The van der Waals surface area contributed by atoms with E-state index in [1.54, 1.807) is 28.9 Å². The quantitative estimate of drug-likeness (QED) is 0.925. The Morgan fingerprint density at radius 1 is 1.33 bits per heavy atom. The van der Waals surface area contributed by atoms with Crippen molar-refractivity contribution in [2.24, 2.45) is 0 Å². The molecule has 0 aliphatic heterocycles. The number of rotatable bonds is 3. The molecule has 0 aliphatic carbocycles. The Morgan fingerprint density at radius 3 is 2.39 bits per heavy atom. The number of carbonyl (C=O) groups is 1. The van der Waals surface area contributed by atoms with Crippen LogP contribution in [0, 0.1) is 0 Å². The Kier molecular flexibility index (Phi) is 3.39. The second-order valence-corrected chi connectivity index (χ2v) is 4.75. The summed E-state index contributed by atoms with van der Waals surface area (Å²) in [6.45, 7) is 3.84. The molecule has 0 amide bonds. The van der Waals surface area contributed by atoms with E-state index in [-0.39, 0.29) is 11.5 Å². The van der Waals surface area contributed by atoms with Gasteiger partial charge in [0.05, 0.1) is 11.4 Å². The lowest BCUT2D eigenvalue weighted by Gasteiger charge is -2.02. The van der Waals surface area contributed by atoms with E-state index in [9.17, 15) is 4.79 Å². The zero-order valence-electron chi connectivity index (χ0n) is 10.1. The molecule has 0 unspecified atom stereocenters. The van der Waals surface area contributed by atoms with Gasteiger partial charge in [0.25, 0.3) is 0 Å². The van der Waals surface area contributed by atoms with Crippen molar-refractivity contribution in [3.8, 4) is 5.69 Å². The van der Waals surface area contributed by atoms with Gasteiger partial charge in [0.15, 0.2) is 0 Å². The number of aromatic carboxylic acids is 1. The first kappa shape index (κ1) is 12.6. The maximum atomic E-state index is 11.2. The maximum Gasteiger partial charge on any atom is 0.339 e. The molecule has 0 atom stereocenters. The topological polar surface area (TPSA) is 55.1 Å². The van der Waals surface area contributed by atoms with Crippen molar-refractivity contribution in [3.63, 3.8) is 0 Å². The van der Waals surface area contributed by atoms with Gasteiger partial charge in [-0.3, -0.25) is 0 Å². The van der Waals surface area contributed by atoms with Crippen LogP contribution in [-0.2, 0) is 0 Å². The smallest absolute Gasteiger partial charge is 0.339 e. The van der Waals surface area contributed by atoms with Gasteiger partial charge >= 0.3 is 5.97 Å². The van der Waals surface area contributed by atoms with Crippen LogP contribution in [0.3, 0.4) is 0 Å². The number of benzene rings is 1. The normalized spacial score (nSPS) is 10.9. The highest BCUT2D eigenvalue weighted by atomic mass is 35.5. The molecule has 0 fully saturated rings. The molecular weight excluding hydrogens is 252 g/mol. The van der Waals surface area contributed by atoms with Gasteiger partial charge in [-0.25, -0.2) is 9.48 Å². The van der Waals surface area contributed by atoms with Crippen LogP contribution in [0.1, 0.15) is 35.8 Å². The third-order valence-corrected chi connectivity index (χ3v) is 2.86. The van der Waals surface area contributed by atoms with Crippen molar-refractivity contribution in [2.45, 2.75) is 19.8 Å². The van der Waals surface area contributed by atoms with Gasteiger partial charge in [0.1, 0.15) is 5.56 Å². The summed E-state index contributed by atoms with van der Waals surface area (Å²) in [4.78, 5) is 11.2. The minimum Gasteiger partial charge on any atom is -0.478 e. The molecular formula is C13H13ClN2O2. The van der Waals surface area contributed by atoms with Crippen molar-refractivity contribution in [3.05, 3.63) is 46.7 Å². The van der Waals surface area contributed by atoms with Gasteiger partial charge in [0, 0.05) is 11.2 Å². The fourth-order valence-corrected chi connectivity index (χ4v) is 1.83. The highest BCUT2D eigenvalue weighted by molar-refractivity contribution is 6.30. The fraction of sp³-hybridized carbons (Fsp3) is 0.231. The lowest BCUT2D eigenvalue weighted by atomic mass is 10.1. The summed E-state index contributed by atoms with van der Waals surface area (Å²) < 4.78 is 1.56. The van der Waals surface area contributed by atoms with Crippen LogP contribution in [-0.4, -0.2) is 20.9 Å². The Morgan fingerprint density at radius 2 is 1.94 bits per heavy atom. The van der Waals surface area contributed by atoms with Gasteiger partial charge in [-0.05, 0) is 30.2 Å². The van der Waals surface area contributed by atoms with Crippen LogP contribution in [0.5, 0.6) is 0 Å². The Labute approximate surface area is 110 Å². The first-order chi connectivity index (χ1) is 8.49. The molecule has 94 valence electrons. The van der Waals surface area contributed by atoms with Crippen LogP contribution in [0.25, 0.3) is 5.69 Å². The molecule has 0 radical (unpaired) electrons. The van der Waals surface area contributed by atoms with E-state index in [2.05, 4.69) is 5.10 Å². The second-order valence-electron chi connectivity index (χ2n) is 4.31. The number of hydrogen-bond donors (Lipinski definition) is 1. The Balaban J connectivity index is 2.49. The zero-order chi connectivity index (χ0) is 13.3. The predicted molar refractivity (Wildman–Crippen MR) is 69.6 cm³/mol. The third-order valence-electron chi connectivity index (χ3n) is 2.61. The average Bonchev–Trinajstić information content (AvgIpc) is 2.75. The van der Waals surface area contributed by atoms with E-state index in [1.807, 2.05) is 13.8 Å². The predicted octanol–water partition coefficient (Wildman–Crippen LogP) is 3.35. The number of hydrogen-bond acceptors (Lipinski definition) is 2. The summed E-state index contributed by atoms with van der Waals surface area (Å²) in [5, 5.41) is 14.1. The molecule has 1 N–H and O–H groups in total. The maximum absolute atomic E-state index is 11.2. The van der Waals surface area contributed by atoms with Crippen molar-refractivity contribution < 1.29 is 9.90 Å². The van der Waals surface area contributed by atoms with E-state index >= 15 is 0 Å². The molecule has 0 spiro atoms. The summed E-state index contributed by atoms with van der Waals surface area (Å²) in [5.41, 5.74) is 1.60. The Bertz CT molecular complexity index is 573. The summed E-state index contributed by atoms with van der Waals surface area (Å²) >= 11 is 5.81. The van der Waals surface area contributed by atoms with E-state index in [0.717, 1.165) is 5.69 Å². The monoisotopic (exact) mass is 264 g/mol. The molecule has 0 bridgehead atoms. The molecule has 5 heteroatoms. The summed E-state index contributed by atoms with van der Waals surface area (Å²) in [6, 6.07) is 7.08. The number of nitrogens with zero attached hydrogens (tertiary/aromatic N) is 2. The first-order valence-corrected chi connectivity index (χ1v) is 5.95. The highest BCUT2D eigenvalue weighted by Gasteiger charge is 2.18. The van der Waals surface area contributed by atoms with E-state index < -0.39 is 5.97 Å². The summed E-state index contributed by atoms with van der Waals surface area (Å²) in [6.07, 6.45) is 1.53. The molecule has 1 aromatic heterocycles. The average molecular weight is 265 g/mol. The van der Waals surface area contributed by atoms with E-state index in [1.165, 1.54) is 6.20 Å². The molecule has 18 heavy (non-hydrogen) atoms. The second kappa shape index (κ2) is 4.82. The van der Waals surface area contributed by atoms with Gasteiger partial charge in [-0.15, -0.1) is 0 Å². The highest BCUT2D eigenvalue weighted by Crippen LogP contribution is 2.20. The number of carboxylic acids is 1. The van der Waals surface area contributed by atoms with Crippen molar-refractivity contribution in [2.75, 3.05) is 0 Å². The van der Waals surface area contributed by atoms with Crippen LogP contribution in [0.4, 0.5) is 0 Å².